The smallest absolute Gasteiger partial charge is 0.294 e. The minimum Gasteiger partial charge on any atom is -0.744 e. The van der Waals surface area contributed by atoms with Gasteiger partial charge in [0.25, 0.3) is 10.1 Å². The lowest BCUT2D eigenvalue weighted by Crippen LogP contribution is -1.98. The van der Waals surface area contributed by atoms with Crippen LogP contribution in [0.5, 0.6) is 5.75 Å². The molecule has 0 atom stereocenters. The zero-order chi connectivity index (χ0) is 25.2. The molecule has 0 saturated carbocycles. The van der Waals surface area contributed by atoms with E-state index in [4.69, 9.17) is 4.55 Å². The molecule has 0 saturated heterocycles. The van der Waals surface area contributed by atoms with E-state index in [-0.39, 0.29) is 33.4 Å². The Morgan fingerprint density at radius 2 is 1.37 bits per heavy atom. The van der Waals surface area contributed by atoms with Crippen LogP contribution in [0.1, 0.15) is 0 Å². The average molecular weight is 512 g/mol. The van der Waals surface area contributed by atoms with Crippen LogP contribution in [0.15, 0.2) is 109 Å². The highest BCUT2D eigenvalue weighted by atomic mass is 32.2. The minimum atomic E-state index is -4.98. The molecular weight excluding hydrogens is 496 g/mol. The molecule has 4 aromatic carbocycles. The standard InChI is InChI=1S/C22H16N4O7S2/c27-20-12-5-14-3-1-2-4-18(14)22(20)26-25-19-11-8-16(13-21(19)35(31,32)33)24-23-15-6-9-17(10-7-15)34(28,29)30/h1-13,27H,(H,28,29,30)(H,31,32,33)/p-1. The van der Waals surface area contributed by atoms with Crippen molar-refractivity contribution in [1.29, 1.82) is 0 Å². The van der Waals surface area contributed by atoms with Gasteiger partial charge in [-0.15, -0.1) is 10.2 Å². The van der Waals surface area contributed by atoms with Crippen molar-refractivity contribution in [2.24, 2.45) is 20.5 Å². The van der Waals surface area contributed by atoms with E-state index in [1.54, 1.807) is 30.3 Å². The van der Waals surface area contributed by atoms with E-state index in [2.05, 4.69) is 20.5 Å². The van der Waals surface area contributed by atoms with E-state index in [1.165, 1.54) is 30.3 Å². The molecule has 13 heteroatoms. The fourth-order valence-corrected chi connectivity index (χ4v) is 4.21. The lowest BCUT2D eigenvalue weighted by molar-refractivity contribution is 0.463. The maximum absolute atomic E-state index is 11.8. The number of azo groups is 2. The normalized spacial score (nSPS) is 12.6. The van der Waals surface area contributed by atoms with Crippen LogP contribution in [0.2, 0.25) is 0 Å². The van der Waals surface area contributed by atoms with Crippen LogP contribution in [0.25, 0.3) is 10.8 Å². The molecule has 35 heavy (non-hydrogen) atoms. The van der Waals surface area contributed by atoms with Gasteiger partial charge in [0, 0.05) is 5.39 Å². The van der Waals surface area contributed by atoms with Crippen molar-refractivity contribution in [3.8, 4) is 5.75 Å². The molecule has 0 aromatic heterocycles. The quantitative estimate of drug-likeness (QED) is 0.252. The van der Waals surface area contributed by atoms with Crippen LogP contribution in [-0.4, -0.2) is 31.0 Å². The molecule has 0 heterocycles. The highest BCUT2D eigenvalue weighted by Gasteiger charge is 2.12. The van der Waals surface area contributed by atoms with Crippen LogP contribution in [0.4, 0.5) is 22.7 Å². The summed E-state index contributed by atoms with van der Waals surface area (Å²) in [4.78, 5) is -1.03. The van der Waals surface area contributed by atoms with E-state index in [9.17, 15) is 26.5 Å². The van der Waals surface area contributed by atoms with E-state index >= 15 is 0 Å². The van der Waals surface area contributed by atoms with Crippen molar-refractivity contribution in [2.45, 2.75) is 9.79 Å². The van der Waals surface area contributed by atoms with Gasteiger partial charge in [0.2, 0.25) is 0 Å². The van der Waals surface area contributed by atoms with E-state index < -0.39 is 25.1 Å². The third kappa shape index (κ3) is 5.55. The molecule has 0 aliphatic heterocycles. The van der Waals surface area contributed by atoms with Gasteiger partial charge in [-0.3, -0.25) is 4.55 Å². The Bertz CT molecular complexity index is 1700. The first kappa shape index (κ1) is 24.1. The molecule has 11 nitrogen and oxygen atoms in total. The van der Waals surface area contributed by atoms with Gasteiger partial charge in [0.15, 0.2) is 0 Å². The van der Waals surface area contributed by atoms with Gasteiger partial charge in [-0.05, 0) is 53.9 Å². The zero-order valence-electron chi connectivity index (χ0n) is 17.5. The monoisotopic (exact) mass is 511 g/mol. The Morgan fingerprint density at radius 1 is 0.714 bits per heavy atom. The largest absolute Gasteiger partial charge is 0.744 e. The van der Waals surface area contributed by atoms with Gasteiger partial charge in [-0.1, -0.05) is 30.3 Å². The number of fused-ring (bicyclic) bond motifs is 1. The van der Waals surface area contributed by atoms with E-state index in [0.717, 1.165) is 23.6 Å². The third-order valence-corrected chi connectivity index (χ3v) is 6.50. The molecule has 0 unspecified atom stereocenters. The Kier molecular flexibility index (Phi) is 6.41. The highest BCUT2D eigenvalue weighted by Crippen LogP contribution is 2.37. The van der Waals surface area contributed by atoms with Crippen LogP contribution in [-0.2, 0) is 20.2 Å². The van der Waals surface area contributed by atoms with Crippen LogP contribution < -0.4 is 0 Å². The summed E-state index contributed by atoms with van der Waals surface area (Å²) in [5.41, 5.74) is 0.0580. The van der Waals surface area contributed by atoms with Crippen LogP contribution in [0, 0.1) is 0 Å². The lowest BCUT2D eigenvalue weighted by Gasteiger charge is -2.10. The second-order valence-electron chi connectivity index (χ2n) is 7.13. The SMILES string of the molecule is O=S(=O)([O-])c1cc(N=Nc2ccc(S(=O)(=O)O)cc2)ccc1N=Nc1c(O)ccc2ccccc12. The van der Waals surface area contributed by atoms with Gasteiger partial charge in [-0.25, -0.2) is 8.42 Å². The third-order valence-electron chi connectivity index (χ3n) is 4.77. The van der Waals surface area contributed by atoms with Crippen molar-refractivity contribution < 1.29 is 31.0 Å². The summed E-state index contributed by atoms with van der Waals surface area (Å²) in [7, 11) is -9.34. The van der Waals surface area contributed by atoms with E-state index in [0.29, 0.717) is 5.39 Å². The summed E-state index contributed by atoms with van der Waals surface area (Å²) in [6, 6.07) is 18.5. The highest BCUT2D eigenvalue weighted by molar-refractivity contribution is 7.86. The first-order valence-corrected chi connectivity index (χ1v) is 12.6. The van der Waals surface area contributed by atoms with Gasteiger partial charge in [-0.2, -0.15) is 18.6 Å². The molecule has 4 rings (SSSR count). The van der Waals surface area contributed by atoms with E-state index in [1.807, 2.05) is 0 Å². The van der Waals surface area contributed by atoms with Gasteiger partial charge in [0.1, 0.15) is 27.2 Å². The molecular formula is C22H15N4O7S2-. The van der Waals surface area contributed by atoms with Crippen molar-refractivity contribution in [1.82, 2.24) is 0 Å². The number of rotatable bonds is 6. The number of benzene rings is 4. The molecule has 0 aliphatic rings. The number of nitrogens with zero attached hydrogens (tertiary/aromatic N) is 4. The van der Waals surface area contributed by atoms with Crippen molar-refractivity contribution in [2.75, 3.05) is 0 Å². The Balaban J connectivity index is 1.68. The van der Waals surface area contributed by atoms with Gasteiger partial charge in [0.05, 0.1) is 21.2 Å². The first-order chi connectivity index (χ1) is 16.5. The molecule has 178 valence electrons. The number of phenols is 1. The van der Waals surface area contributed by atoms with Gasteiger partial charge >= 0.3 is 0 Å². The molecule has 4 aromatic rings. The number of aromatic hydroxyl groups is 1. The lowest BCUT2D eigenvalue weighted by atomic mass is 10.1. The summed E-state index contributed by atoms with van der Waals surface area (Å²) in [5, 5.41) is 27.1. The predicted octanol–water partition coefficient (Wildman–Crippen LogP) is 5.53. The minimum absolute atomic E-state index is 0.00485. The summed E-state index contributed by atoms with van der Waals surface area (Å²) in [5.74, 6) is -0.176. The second-order valence-corrected chi connectivity index (χ2v) is 9.90. The predicted molar refractivity (Wildman–Crippen MR) is 125 cm³/mol. The average Bonchev–Trinajstić information content (AvgIpc) is 2.81. The summed E-state index contributed by atoms with van der Waals surface area (Å²) < 4.78 is 66.7. The van der Waals surface area contributed by atoms with Crippen LogP contribution >= 0.6 is 0 Å². The number of hydrogen-bond donors (Lipinski definition) is 2. The number of hydrogen-bond acceptors (Lipinski definition) is 10. The molecule has 0 aliphatic carbocycles. The van der Waals surface area contributed by atoms with Crippen molar-refractivity contribution in [3.05, 3.63) is 78.9 Å². The van der Waals surface area contributed by atoms with Crippen molar-refractivity contribution in [3.63, 3.8) is 0 Å². The van der Waals surface area contributed by atoms with Crippen LogP contribution in [0.3, 0.4) is 0 Å². The Labute approximate surface area is 199 Å². The summed E-state index contributed by atoms with van der Waals surface area (Å²) in [6.45, 7) is 0. The Morgan fingerprint density at radius 3 is 2.06 bits per heavy atom. The fraction of sp³-hybridized carbons (Fsp3) is 0. The molecule has 0 bridgehead atoms. The molecule has 0 radical (unpaired) electrons. The van der Waals surface area contributed by atoms with Crippen molar-refractivity contribution >= 4 is 53.8 Å². The second kappa shape index (κ2) is 9.31. The summed E-state index contributed by atoms with van der Waals surface area (Å²) >= 11 is 0. The molecule has 0 spiro atoms. The summed E-state index contributed by atoms with van der Waals surface area (Å²) in [6.07, 6.45) is 0. The molecule has 0 fully saturated rings. The number of phenolic OH excluding ortho intramolecular Hbond substituents is 1. The molecule has 2 N–H and O–H groups in total. The first-order valence-electron chi connectivity index (χ1n) is 9.74. The zero-order valence-corrected chi connectivity index (χ0v) is 19.2. The Hall–Kier alpha value is -4.04. The maximum atomic E-state index is 11.8. The van der Waals surface area contributed by atoms with Gasteiger partial charge < -0.3 is 9.66 Å². The molecule has 0 amide bonds. The topological polar surface area (TPSA) is 181 Å². The fourth-order valence-electron chi connectivity index (χ4n) is 3.10. The maximum Gasteiger partial charge on any atom is 0.294 e.